The van der Waals surface area contributed by atoms with Gasteiger partial charge in [-0.05, 0) is 25.9 Å². The zero-order valence-corrected chi connectivity index (χ0v) is 15.4. The summed E-state index contributed by atoms with van der Waals surface area (Å²) in [5.41, 5.74) is 0. The van der Waals surface area contributed by atoms with E-state index < -0.39 is 10.1 Å². The first kappa shape index (κ1) is 22.2. The average molecular weight is 301 g/mol. The van der Waals surface area contributed by atoms with Crippen molar-refractivity contribution in [3.63, 3.8) is 0 Å². The zero-order chi connectivity index (χ0) is 13.7. The molecule has 110 valence electrons. The minimum absolute atomic E-state index is 0. The van der Waals surface area contributed by atoms with Crippen LogP contribution in [0.25, 0.3) is 0 Å². The van der Waals surface area contributed by atoms with Crippen molar-refractivity contribution in [3.8, 4) is 0 Å². The monoisotopic (exact) mass is 301 g/mol. The van der Waals surface area contributed by atoms with Crippen LogP contribution in [0.1, 0.15) is 64.7 Å². The van der Waals surface area contributed by atoms with Gasteiger partial charge < -0.3 is 9.87 Å². The first-order chi connectivity index (χ1) is 8.56. The van der Waals surface area contributed by atoms with Crippen molar-refractivity contribution in [2.24, 2.45) is 0 Å². The topological polar surface area (TPSA) is 69.2 Å². The van der Waals surface area contributed by atoms with Crippen molar-refractivity contribution in [2.75, 3.05) is 18.8 Å². The molecule has 0 aliphatic rings. The Hall–Kier alpha value is 0.870. The quantitative estimate of drug-likeness (QED) is 0.287. The predicted molar refractivity (Wildman–Crippen MR) is 74.7 cm³/mol. The van der Waals surface area contributed by atoms with E-state index in [1.54, 1.807) is 0 Å². The standard InChI is InChI=1S/C13H29NO3S.Na/c1-2-3-4-5-6-7-8-9-11-14-12-10-13-18(15,16)17;/h14H,2-13H2,1H3,(H,15,16,17);/q;+1/p-1. The van der Waals surface area contributed by atoms with Crippen LogP contribution >= 0.6 is 0 Å². The molecule has 0 amide bonds. The molecule has 0 radical (unpaired) electrons. The molecule has 0 fully saturated rings. The Bertz CT molecular complexity index is 271. The maximum Gasteiger partial charge on any atom is 1.00 e. The minimum Gasteiger partial charge on any atom is -0.748 e. The molecular formula is C13H28NNaO3S. The maximum atomic E-state index is 10.3. The summed E-state index contributed by atoms with van der Waals surface area (Å²) in [7, 11) is -4.03. The van der Waals surface area contributed by atoms with Crippen molar-refractivity contribution in [2.45, 2.75) is 64.7 Å². The summed E-state index contributed by atoms with van der Waals surface area (Å²) >= 11 is 0. The van der Waals surface area contributed by atoms with E-state index in [1.165, 1.54) is 44.9 Å². The SMILES string of the molecule is CCCCCCCCCCNCCCS(=O)(=O)[O-].[Na+]. The first-order valence-corrected chi connectivity index (χ1v) is 8.78. The number of hydrogen-bond donors (Lipinski definition) is 1. The Balaban J connectivity index is 0. The van der Waals surface area contributed by atoms with Gasteiger partial charge in [-0.2, -0.15) is 0 Å². The average Bonchev–Trinajstić information content (AvgIpc) is 2.29. The summed E-state index contributed by atoms with van der Waals surface area (Å²) in [6.45, 7) is 3.77. The number of rotatable bonds is 13. The summed E-state index contributed by atoms with van der Waals surface area (Å²) in [5, 5.41) is 3.17. The van der Waals surface area contributed by atoms with Gasteiger partial charge in [-0.1, -0.05) is 51.9 Å². The largest absolute Gasteiger partial charge is 1.00 e. The Kier molecular flexibility index (Phi) is 17.8. The van der Waals surface area contributed by atoms with Crippen LogP contribution in [0.4, 0.5) is 0 Å². The van der Waals surface area contributed by atoms with Gasteiger partial charge in [-0.25, -0.2) is 8.42 Å². The van der Waals surface area contributed by atoms with Crippen LogP contribution < -0.4 is 34.9 Å². The van der Waals surface area contributed by atoms with Crippen LogP contribution in [0.5, 0.6) is 0 Å². The van der Waals surface area contributed by atoms with E-state index >= 15 is 0 Å². The fraction of sp³-hybridized carbons (Fsp3) is 1.00. The summed E-state index contributed by atoms with van der Waals surface area (Å²) < 4.78 is 31.0. The second-order valence-electron chi connectivity index (χ2n) is 4.84. The maximum absolute atomic E-state index is 10.3. The van der Waals surface area contributed by atoms with Crippen LogP contribution in [0.2, 0.25) is 0 Å². The molecule has 0 atom stereocenters. The molecule has 0 spiro atoms. The minimum atomic E-state index is -4.03. The van der Waals surface area contributed by atoms with Gasteiger partial charge >= 0.3 is 29.6 Å². The molecule has 0 bridgehead atoms. The van der Waals surface area contributed by atoms with Gasteiger partial charge in [0.05, 0.1) is 10.1 Å². The van der Waals surface area contributed by atoms with E-state index in [1.807, 2.05) is 0 Å². The normalized spacial score (nSPS) is 11.3. The number of unbranched alkanes of at least 4 members (excludes halogenated alkanes) is 7. The second-order valence-corrected chi connectivity index (χ2v) is 6.36. The fourth-order valence-electron chi connectivity index (χ4n) is 1.88. The Morgan fingerprint density at radius 3 is 1.84 bits per heavy atom. The Morgan fingerprint density at radius 1 is 0.842 bits per heavy atom. The van der Waals surface area contributed by atoms with E-state index in [0.717, 1.165) is 13.0 Å². The van der Waals surface area contributed by atoms with Gasteiger partial charge in [-0.15, -0.1) is 0 Å². The van der Waals surface area contributed by atoms with Crippen LogP contribution in [0, 0.1) is 0 Å². The summed E-state index contributed by atoms with van der Waals surface area (Å²) in [4.78, 5) is 0. The Labute approximate surface area is 141 Å². The van der Waals surface area contributed by atoms with E-state index in [4.69, 9.17) is 0 Å². The third-order valence-corrected chi connectivity index (χ3v) is 3.74. The fourth-order valence-corrected chi connectivity index (χ4v) is 2.38. The van der Waals surface area contributed by atoms with Crippen LogP contribution in [-0.2, 0) is 10.1 Å². The predicted octanol–water partition coefficient (Wildman–Crippen LogP) is -0.344. The zero-order valence-electron chi connectivity index (χ0n) is 12.6. The molecule has 0 saturated carbocycles. The molecule has 0 aliphatic carbocycles. The molecule has 0 aliphatic heterocycles. The smallest absolute Gasteiger partial charge is 0.748 e. The molecule has 0 aromatic carbocycles. The van der Waals surface area contributed by atoms with E-state index in [0.29, 0.717) is 13.0 Å². The summed E-state index contributed by atoms with van der Waals surface area (Å²) in [5.74, 6) is -0.253. The molecule has 0 rings (SSSR count). The van der Waals surface area contributed by atoms with Crippen molar-refractivity contribution in [1.82, 2.24) is 5.32 Å². The molecule has 0 unspecified atom stereocenters. The summed E-state index contributed by atoms with van der Waals surface area (Å²) in [6.07, 6.45) is 10.8. The van der Waals surface area contributed by atoms with Gasteiger partial charge in [0.1, 0.15) is 0 Å². The first-order valence-electron chi connectivity index (χ1n) is 7.20. The molecule has 0 aromatic heterocycles. The molecular weight excluding hydrogens is 273 g/mol. The third-order valence-electron chi connectivity index (χ3n) is 2.95. The molecule has 6 heteroatoms. The van der Waals surface area contributed by atoms with Crippen LogP contribution in [0.3, 0.4) is 0 Å². The second kappa shape index (κ2) is 15.3. The van der Waals surface area contributed by atoms with Gasteiger partial charge in [0, 0.05) is 5.75 Å². The van der Waals surface area contributed by atoms with Gasteiger partial charge in [0.2, 0.25) is 0 Å². The van der Waals surface area contributed by atoms with Crippen molar-refractivity contribution in [1.29, 1.82) is 0 Å². The van der Waals surface area contributed by atoms with Crippen molar-refractivity contribution >= 4 is 10.1 Å². The van der Waals surface area contributed by atoms with Gasteiger partial charge in [0.25, 0.3) is 0 Å². The molecule has 1 N–H and O–H groups in total. The molecule has 0 heterocycles. The van der Waals surface area contributed by atoms with E-state index in [2.05, 4.69) is 12.2 Å². The molecule has 19 heavy (non-hydrogen) atoms. The van der Waals surface area contributed by atoms with Crippen LogP contribution in [-0.4, -0.2) is 31.8 Å². The van der Waals surface area contributed by atoms with Crippen LogP contribution in [0.15, 0.2) is 0 Å². The number of hydrogen-bond acceptors (Lipinski definition) is 4. The van der Waals surface area contributed by atoms with E-state index in [-0.39, 0.29) is 35.3 Å². The van der Waals surface area contributed by atoms with Crippen molar-refractivity contribution in [3.05, 3.63) is 0 Å². The third kappa shape index (κ3) is 21.3. The van der Waals surface area contributed by atoms with E-state index in [9.17, 15) is 13.0 Å². The molecule has 0 aromatic rings. The number of nitrogens with one attached hydrogen (secondary N) is 1. The van der Waals surface area contributed by atoms with Crippen molar-refractivity contribution < 1.29 is 42.5 Å². The molecule has 0 saturated heterocycles. The Morgan fingerprint density at radius 2 is 1.32 bits per heavy atom. The van der Waals surface area contributed by atoms with Gasteiger partial charge in [-0.3, -0.25) is 0 Å². The van der Waals surface area contributed by atoms with Gasteiger partial charge in [0.15, 0.2) is 0 Å². The summed E-state index contributed by atoms with van der Waals surface area (Å²) in [6, 6.07) is 0. The molecule has 4 nitrogen and oxygen atoms in total.